The third kappa shape index (κ3) is 3.32. The van der Waals surface area contributed by atoms with Crippen LogP contribution in [0, 0.1) is 0 Å². The molecular formula is C15H13ClN4O. The summed E-state index contributed by atoms with van der Waals surface area (Å²) < 4.78 is 1.91. The zero-order valence-corrected chi connectivity index (χ0v) is 11.8. The van der Waals surface area contributed by atoms with Crippen LogP contribution < -0.4 is 10.6 Å². The van der Waals surface area contributed by atoms with Crippen molar-refractivity contribution in [2.24, 2.45) is 0 Å². The molecule has 0 aliphatic rings. The summed E-state index contributed by atoms with van der Waals surface area (Å²) >= 11 is 5.86. The molecular weight excluding hydrogens is 288 g/mol. The van der Waals surface area contributed by atoms with Crippen molar-refractivity contribution in [3.63, 3.8) is 0 Å². The van der Waals surface area contributed by atoms with Crippen LogP contribution >= 0.6 is 11.6 Å². The van der Waals surface area contributed by atoms with E-state index < -0.39 is 0 Å². The molecule has 21 heavy (non-hydrogen) atoms. The van der Waals surface area contributed by atoms with E-state index in [1.54, 1.807) is 24.3 Å². The Morgan fingerprint density at radius 3 is 2.95 bits per heavy atom. The third-order valence-electron chi connectivity index (χ3n) is 2.93. The molecule has 0 saturated heterocycles. The first-order valence-corrected chi connectivity index (χ1v) is 6.81. The van der Waals surface area contributed by atoms with Crippen LogP contribution in [0.2, 0.25) is 5.02 Å². The number of urea groups is 1. The van der Waals surface area contributed by atoms with Crippen LogP contribution in [0.1, 0.15) is 5.69 Å². The Morgan fingerprint density at radius 1 is 1.24 bits per heavy atom. The highest BCUT2D eigenvalue weighted by atomic mass is 35.5. The van der Waals surface area contributed by atoms with Crippen molar-refractivity contribution in [3.8, 4) is 0 Å². The van der Waals surface area contributed by atoms with E-state index in [0.29, 0.717) is 17.3 Å². The minimum Gasteiger partial charge on any atom is -0.332 e. The second-order valence-corrected chi connectivity index (χ2v) is 4.95. The molecule has 2 N–H and O–H groups in total. The molecule has 3 aromatic rings. The third-order valence-corrected chi connectivity index (χ3v) is 3.16. The van der Waals surface area contributed by atoms with Crippen LogP contribution in [0.4, 0.5) is 10.5 Å². The largest absolute Gasteiger partial charge is 0.332 e. The number of rotatable bonds is 3. The number of benzene rings is 1. The smallest absolute Gasteiger partial charge is 0.319 e. The van der Waals surface area contributed by atoms with Gasteiger partial charge in [-0.3, -0.25) is 0 Å². The number of aromatic nitrogens is 2. The number of pyridine rings is 1. The van der Waals surface area contributed by atoms with Gasteiger partial charge in [-0.2, -0.15) is 0 Å². The Hall–Kier alpha value is -2.53. The van der Waals surface area contributed by atoms with Gasteiger partial charge in [0.25, 0.3) is 0 Å². The molecule has 5 nitrogen and oxygen atoms in total. The Bertz CT molecular complexity index is 751. The highest BCUT2D eigenvalue weighted by molar-refractivity contribution is 6.30. The standard InChI is InChI=1S/C15H13ClN4O/c16-11-4-3-5-12(8-11)19-15(21)17-9-13-10-20-7-2-1-6-14(20)18-13/h1-8,10H,9H2,(H2,17,19,21). The number of imidazole rings is 1. The molecule has 0 aliphatic carbocycles. The van der Waals surface area contributed by atoms with Gasteiger partial charge in [-0.15, -0.1) is 0 Å². The van der Waals surface area contributed by atoms with E-state index in [1.165, 1.54) is 0 Å². The van der Waals surface area contributed by atoms with Gasteiger partial charge in [0.1, 0.15) is 5.65 Å². The molecule has 2 amide bonds. The van der Waals surface area contributed by atoms with E-state index >= 15 is 0 Å². The van der Waals surface area contributed by atoms with Gasteiger partial charge in [0, 0.05) is 23.1 Å². The van der Waals surface area contributed by atoms with Gasteiger partial charge in [-0.05, 0) is 30.3 Å². The Labute approximate surface area is 126 Å². The fourth-order valence-electron chi connectivity index (χ4n) is 1.98. The number of anilines is 1. The minimum absolute atomic E-state index is 0.297. The van der Waals surface area contributed by atoms with Gasteiger partial charge in [0.15, 0.2) is 0 Å². The molecule has 0 aliphatic heterocycles. The molecule has 0 radical (unpaired) electrons. The fraction of sp³-hybridized carbons (Fsp3) is 0.0667. The van der Waals surface area contributed by atoms with Crippen molar-refractivity contribution in [2.45, 2.75) is 6.54 Å². The molecule has 0 fully saturated rings. The molecule has 0 spiro atoms. The molecule has 1 aromatic carbocycles. The first kappa shape index (κ1) is 13.5. The Kier molecular flexibility index (Phi) is 3.75. The van der Waals surface area contributed by atoms with Gasteiger partial charge >= 0.3 is 6.03 Å². The number of amides is 2. The summed E-state index contributed by atoms with van der Waals surface area (Å²) in [6.45, 7) is 0.355. The lowest BCUT2D eigenvalue weighted by atomic mass is 10.3. The van der Waals surface area contributed by atoms with E-state index in [-0.39, 0.29) is 6.03 Å². The van der Waals surface area contributed by atoms with E-state index in [4.69, 9.17) is 11.6 Å². The molecule has 0 atom stereocenters. The summed E-state index contributed by atoms with van der Waals surface area (Å²) in [5, 5.41) is 6.05. The van der Waals surface area contributed by atoms with Crippen molar-refractivity contribution in [2.75, 3.05) is 5.32 Å². The average molecular weight is 301 g/mol. The number of carbonyl (C=O) groups excluding carboxylic acids is 1. The minimum atomic E-state index is -0.297. The highest BCUT2D eigenvalue weighted by Gasteiger charge is 2.04. The van der Waals surface area contributed by atoms with Crippen molar-refractivity contribution in [1.29, 1.82) is 0 Å². The average Bonchev–Trinajstić information content (AvgIpc) is 2.88. The zero-order valence-electron chi connectivity index (χ0n) is 11.1. The lowest BCUT2D eigenvalue weighted by Crippen LogP contribution is -2.28. The van der Waals surface area contributed by atoms with Crippen LogP contribution in [-0.2, 0) is 6.54 Å². The second-order valence-electron chi connectivity index (χ2n) is 4.52. The number of nitrogens with zero attached hydrogens (tertiary/aromatic N) is 2. The SMILES string of the molecule is O=C(NCc1cn2ccccc2n1)Nc1cccc(Cl)c1. The lowest BCUT2D eigenvalue weighted by molar-refractivity contribution is 0.251. The first-order chi connectivity index (χ1) is 10.2. The number of nitrogens with one attached hydrogen (secondary N) is 2. The van der Waals surface area contributed by atoms with Gasteiger partial charge in [-0.25, -0.2) is 9.78 Å². The monoisotopic (exact) mass is 300 g/mol. The quantitative estimate of drug-likeness (QED) is 0.779. The maximum absolute atomic E-state index is 11.8. The fourth-order valence-corrected chi connectivity index (χ4v) is 2.18. The summed E-state index contributed by atoms with van der Waals surface area (Å²) in [7, 11) is 0. The van der Waals surface area contributed by atoms with Crippen LogP contribution in [0.3, 0.4) is 0 Å². The molecule has 0 saturated carbocycles. The Morgan fingerprint density at radius 2 is 2.14 bits per heavy atom. The van der Waals surface area contributed by atoms with Crippen molar-refractivity contribution >= 4 is 29.0 Å². The number of fused-ring (bicyclic) bond motifs is 1. The number of hydrogen-bond donors (Lipinski definition) is 2. The van der Waals surface area contributed by atoms with E-state index in [9.17, 15) is 4.79 Å². The molecule has 0 unspecified atom stereocenters. The van der Waals surface area contributed by atoms with Crippen LogP contribution in [0.15, 0.2) is 54.9 Å². The van der Waals surface area contributed by atoms with Gasteiger partial charge in [-0.1, -0.05) is 23.7 Å². The summed E-state index contributed by atoms with van der Waals surface area (Å²) in [6.07, 6.45) is 3.80. The summed E-state index contributed by atoms with van der Waals surface area (Å²) in [5.74, 6) is 0. The molecule has 2 heterocycles. The van der Waals surface area contributed by atoms with Gasteiger partial charge < -0.3 is 15.0 Å². The van der Waals surface area contributed by atoms with Crippen LogP contribution in [0.25, 0.3) is 5.65 Å². The van der Waals surface area contributed by atoms with E-state index in [1.807, 2.05) is 35.0 Å². The first-order valence-electron chi connectivity index (χ1n) is 6.44. The van der Waals surface area contributed by atoms with Crippen molar-refractivity contribution in [3.05, 3.63) is 65.6 Å². The second kappa shape index (κ2) is 5.85. The van der Waals surface area contributed by atoms with E-state index in [2.05, 4.69) is 15.6 Å². The Balaban J connectivity index is 1.60. The molecule has 0 bridgehead atoms. The zero-order chi connectivity index (χ0) is 14.7. The maximum atomic E-state index is 11.8. The van der Waals surface area contributed by atoms with Crippen molar-refractivity contribution < 1.29 is 4.79 Å². The van der Waals surface area contributed by atoms with Gasteiger partial charge in [0.2, 0.25) is 0 Å². The molecule has 3 rings (SSSR count). The predicted octanol–water partition coefficient (Wildman–Crippen LogP) is 3.31. The lowest BCUT2D eigenvalue weighted by Gasteiger charge is -2.06. The molecule has 2 aromatic heterocycles. The highest BCUT2D eigenvalue weighted by Crippen LogP contribution is 2.14. The summed E-state index contributed by atoms with van der Waals surface area (Å²) in [4.78, 5) is 16.2. The molecule has 6 heteroatoms. The summed E-state index contributed by atoms with van der Waals surface area (Å²) in [6, 6.07) is 12.5. The maximum Gasteiger partial charge on any atom is 0.319 e. The molecule has 106 valence electrons. The number of halogens is 1. The number of hydrogen-bond acceptors (Lipinski definition) is 2. The van der Waals surface area contributed by atoms with E-state index in [0.717, 1.165) is 11.3 Å². The topological polar surface area (TPSA) is 58.4 Å². The van der Waals surface area contributed by atoms with Crippen LogP contribution in [0.5, 0.6) is 0 Å². The van der Waals surface area contributed by atoms with Crippen molar-refractivity contribution in [1.82, 2.24) is 14.7 Å². The van der Waals surface area contributed by atoms with Gasteiger partial charge in [0.05, 0.1) is 12.2 Å². The number of carbonyl (C=O) groups is 1. The van der Waals surface area contributed by atoms with Crippen LogP contribution in [-0.4, -0.2) is 15.4 Å². The normalized spacial score (nSPS) is 10.5. The summed E-state index contributed by atoms with van der Waals surface area (Å²) in [5.41, 5.74) is 2.29. The predicted molar refractivity (Wildman–Crippen MR) is 82.5 cm³/mol.